The van der Waals surface area contributed by atoms with E-state index in [-0.39, 0.29) is 6.61 Å². The van der Waals surface area contributed by atoms with Crippen LogP contribution in [-0.4, -0.2) is 19.9 Å². The van der Waals surface area contributed by atoms with Crippen LogP contribution in [0.4, 0.5) is 10.5 Å². The lowest BCUT2D eigenvalue weighted by atomic mass is 10.1. The van der Waals surface area contributed by atoms with E-state index in [0.29, 0.717) is 5.69 Å². The monoisotopic (exact) mass is 231 g/mol. The highest BCUT2D eigenvalue weighted by molar-refractivity contribution is 5.75. The van der Waals surface area contributed by atoms with Crippen LogP contribution >= 0.6 is 0 Å². The van der Waals surface area contributed by atoms with Crippen LogP contribution in [0.15, 0.2) is 30.3 Å². The molecule has 0 bridgehead atoms. The van der Waals surface area contributed by atoms with Crippen molar-refractivity contribution < 1.29 is 14.3 Å². The molecule has 1 rings (SSSR count). The quantitative estimate of drug-likeness (QED) is 0.591. The molecule has 88 valence electrons. The van der Waals surface area contributed by atoms with E-state index in [1.807, 2.05) is 25.1 Å². The second kappa shape index (κ2) is 6.33. The van der Waals surface area contributed by atoms with Crippen LogP contribution in [0.3, 0.4) is 0 Å². The molecule has 1 aromatic rings. The topological polar surface area (TPSA) is 39.9 Å². The van der Waals surface area contributed by atoms with Gasteiger partial charge in [-0.15, -0.1) is 0 Å². The lowest BCUT2D eigenvalue weighted by molar-refractivity contribution is 0.0819. The molecule has 0 heterocycles. The minimum absolute atomic E-state index is 0.130. The van der Waals surface area contributed by atoms with Crippen molar-refractivity contribution in [1.29, 1.82) is 0 Å². The molecule has 4 heteroatoms. The number of hydrogen-bond acceptors (Lipinski definition) is 3. The molecule has 0 aliphatic rings. The lowest BCUT2D eigenvalue weighted by Crippen LogP contribution is -2.03. The average molecular weight is 231 g/mol. The predicted molar refractivity (Wildman–Crippen MR) is 64.7 cm³/mol. The highest BCUT2D eigenvalue weighted by atomic mass is 16.7. The van der Waals surface area contributed by atoms with Crippen molar-refractivity contribution in [2.24, 2.45) is 0 Å². The summed E-state index contributed by atoms with van der Waals surface area (Å²) in [6.07, 6.45) is 1.02. The van der Waals surface area contributed by atoms with Gasteiger partial charge in [0.2, 0.25) is 0 Å². The fourth-order valence-corrected chi connectivity index (χ4v) is 1.31. The molecular weight excluding hydrogens is 218 g/mol. The number of hydrogen-bond donors (Lipinski definition) is 0. The molecular formula is C13H13NO3. The molecule has 0 radical (unpaired) electrons. The summed E-state index contributed by atoms with van der Waals surface area (Å²) >= 11 is 0. The van der Waals surface area contributed by atoms with Gasteiger partial charge in [-0.25, -0.2) is 9.64 Å². The number of benzene rings is 1. The van der Waals surface area contributed by atoms with E-state index in [0.717, 1.165) is 11.1 Å². The van der Waals surface area contributed by atoms with Crippen LogP contribution in [0.25, 0.3) is 10.4 Å². The molecule has 0 aliphatic carbocycles. The average Bonchev–Trinajstić information content (AvgIpc) is 2.38. The number of nitrogens with zero attached hydrogens (tertiary/aromatic N) is 1. The Labute approximate surface area is 100 Å². The number of para-hydroxylation sites is 1. The Morgan fingerprint density at radius 1 is 1.47 bits per heavy atom. The molecule has 0 saturated carbocycles. The van der Waals surface area contributed by atoms with Crippen LogP contribution in [-0.2, 0) is 9.47 Å². The zero-order valence-electron chi connectivity index (χ0n) is 9.77. The smallest absolute Gasteiger partial charge is 0.438 e. The van der Waals surface area contributed by atoms with Crippen molar-refractivity contribution >= 4 is 17.4 Å². The summed E-state index contributed by atoms with van der Waals surface area (Å²) in [7, 11) is 1.26. The van der Waals surface area contributed by atoms with Gasteiger partial charge in [-0.2, -0.15) is 0 Å². The maximum Gasteiger partial charge on any atom is 0.508 e. The third-order valence-corrected chi connectivity index (χ3v) is 2.21. The normalized spacial score (nSPS) is 10.5. The van der Waals surface area contributed by atoms with E-state index in [2.05, 4.69) is 9.58 Å². The first kappa shape index (κ1) is 12.8. The van der Waals surface area contributed by atoms with Gasteiger partial charge < -0.3 is 9.47 Å². The number of carbonyl (C=O) groups is 1. The van der Waals surface area contributed by atoms with Gasteiger partial charge in [-0.1, -0.05) is 29.8 Å². The number of methoxy groups -OCH3 is 1. The zero-order valence-corrected chi connectivity index (χ0v) is 9.77. The fourth-order valence-electron chi connectivity index (χ4n) is 1.31. The molecule has 0 saturated heterocycles. The third-order valence-electron chi connectivity index (χ3n) is 2.21. The summed E-state index contributed by atoms with van der Waals surface area (Å²) in [5.74, 6) is 0. The van der Waals surface area contributed by atoms with Gasteiger partial charge >= 0.3 is 6.16 Å². The second-order valence-electron chi connectivity index (χ2n) is 3.28. The van der Waals surface area contributed by atoms with Crippen molar-refractivity contribution in [3.05, 3.63) is 47.3 Å². The van der Waals surface area contributed by atoms with Crippen molar-refractivity contribution in [3.8, 4) is 0 Å². The van der Waals surface area contributed by atoms with Gasteiger partial charge in [0.25, 0.3) is 0 Å². The van der Waals surface area contributed by atoms with Gasteiger partial charge in [0.05, 0.1) is 13.7 Å². The Morgan fingerprint density at radius 3 is 2.82 bits per heavy atom. The minimum Gasteiger partial charge on any atom is -0.438 e. The van der Waals surface area contributed by atoms with E-state index in [9.17, 15) is 4.79 Å². The second-order valence-corrected chi connectivity index (χ2v) is 3.28. The number of rotatable bonds is 3. The summed E-state index contributed by atoms with van der Waals surface area (Å²) < 4.78 is 9.09. The SMILES string of the molecule is [C-]#[N+]c1ccccc1/C(C)=C/COC(=O)OC. The Morgan fingerprint density at radius 2 is 2.18 bits per heavy atom. The first-order chi connectivity index (χ1) is 8.19. The first-order valence-electron chi connectivity index (χ1n) is 5.03. The van der Waals surface area contributed by atoms with Crippen LogP contribution < -0.4 is 0 Å². The van der Waals surface area contributed by atoms with Crippen LogP contribution in [0.5, 0.6) is 0 Å². The first-order valence-corrected chi connectivity index (χ1v) is 5.03. The van der Waals surface area contributed by atoms with Gasteiger partial charge in [-0.3, -0.25) is 0 Å². The van der Waals surface area contributed by atoms with Gasteiger partial charge in [0.1, 0.15) is 6.61 Å². The molecule has 0 fully saturated rings. The summed E-state index contributed by atoms with van der Waals surface area (Å²) in [6, 6.07) is 7.29. The standard InChI is InChI=1S/C13H13NO3/c1-10(8-9-17-13(15)16-3)11-6-4-5-7-12(11)14-2/h4-8H,9H2,1,3H3/b10-8+. The Kier molecular flexibility index (Phi) is 4.77. The van der Waals surface area contributed by atoms with Crippen molar-refractivity contribution in [2.75, 3.05) is 13.7 Å². The minimum atomic E-state index is -0.715. The van der Waals surface area contributed by atoms with E-state index in [1.54, 1.807) is 12.1 Å². The molecule has 0 atom stereocenters. The zero-order chi connectivity index (χ0) is 12.7. The molecule has 17 heavy (non-hydrogen) atoms. The predicted octanol–water partition coefficient (Wildman–Crippen LogP) is 3.42. The van der Waals surface area contributed by atoms with Crippen LogP contribution in [0.2, 0.25) is 0 Å². The summed E-state index contributed by atoms with van der Waals surface area (Å²) in [6.45, 7) is 9.04. The van der Waals surface area contributed by atoms with Crippen LogP contribution in [0, 0.1) is 6.57 Å². The van der Waals surface area contributed by atoms with Crippen molar-refractivity contribution in [3.63, 3.8) is 0 Å². The third kappa shape index (κ3) is 3.65. The van der Waals surface area contributed by atoms with Gasteiger partial charge in [-0.05, 0) is 18.6 Å². The maximum absolute atomic E-state index is 10.7. The molecule has 0 amide bonds. The van der Waals surface area contributed by atoms with Gasteiger partial charge in [0, 0.05) is 0 Å². The molecule has 0 spiro atoms. The van der Waals surface area contributed by atoms with Crippen LogP contribution in [0.1, 0.15) is 12.5 Å². The number of carbonyl (C=O) groups excluding carboxylic acids is 1. The Balaban J connectivity index is 2.75. The lowest BCUT2D eigenvalue weighted by Gasteiger charge is -2.04. The molecule has 4 nitrogen and oxygen atoms in total. The maximum atomic E-state index is 10.7. The highest BCUT2D eigenvalue weighted by Gasteiger charge is 2.03. The Hall–Kier alpha value is -2.28. The summed E-state index contributed by atoms with van der Waals surface area (Å²) in [4.78, 5) is 14.2. The molecule has 0 aromatic heterocycles. The summed E-state index contributed by atoms with van der Waals surface area (Å²) in [5.41, 5.74) is 2.32. The summed E-state index contributed by atoms with van der Waals surface area (Å²) in [5, 5.41) is 0. The van der Waals surface area contributed by atoms with Gasteiger partial charge in [0.15, 0.2) is 5.69 Å². The highest BCUT2D eigenvalue weighted by Crippen LogP contribution is 2.25. The van der Waals surface area contributed by atoms with E-state index in [1.165, 1.54) is 7.11 Å². The van der Waals surface area contributed by atoms with E-state index < -0.39 is 6.16 Å². The number of allylic oxidation sites excluding steroid dienone is 1. The van der Waals surface area contributed by atoms with Crippen molar-refractivity contribution in [1.82, 2.24) is 0 Å². The Bertz CT molecular complexity index is 472. The molecule has 0 N–H and O–H groups in total. The molecule has 1 aromatic carbocycles. The molecule has 0 aliphatic heterocycles. The number of ether oxygens (including phenoxy) is 2. The van der Waals surface area contributed by atoms with Crippen molar-refractivity contribution in [2.45, 2.75) is 6.92 Å². The van der Waals surface area contributed by atoms with E-state index in [4.69, 9.17) is 11.3 Å². The fraction of sp³-hybridized carbons (Fsp3) is 0.231. The largest absolute Gasteiger partial charge is 0.508 e. The molecule has 0 unspecified atom stereocenters. The van der Waals surface area contributed by atoms with E-state index >= 15 is 0 Å².